The number of ether oxygens (including phenoxy) is 1. The molecule has 28 heavy (non-hydrogen) atoms. The van der Waals surface area contributed by atoms with Gasteiger partial charge in [0.15, 0.2) is 0 Å². The molecule has 148 valence electrons. The van der Waals surface area contributed by atoms with E-state index in [0.717, 1.165) is 38.4 Å². The van der Waals surface area contributed by atoms with Gasteiger partial charge >= 0.3 is 5.97 Å². The number of carbonyl (C=O) groups is 2. The van der Waals surface area contributed by atoms with Gasteiger partial charge in [0.2, 0.25) is 5.91 Å². The highest BCUT2D eigenvalue weighted by Crippen LogP contribution is 2.12. The molecule has 1 saturated heterocycles. The number of amides is 1. The van der Waals surface area contributed by atoms with Crippen molar-refractivity contribution in [1.82, 2.24) is 9.80 Å². The molecule has 6 nitrogen and oxygen atoms in total. The van der Waals surface area contributed by atoms with Crippen molar-refractivity contribution in [3.8, 4) is 0 Å². The van der Waals surface area contributed by atoms with Crippen LogP contribution in [0.2, 0.25) is 0 Å². The molecule has 2 aromatic carbocycles. The minimum absolute atomic E-state index is 0.0915. The first kappa shape index (κ1) is 19.9. The Morgan fingerprint density at radius 3 is 2.29 bits per heavy atom. The zero-order valence-corrected chi connectivity index (χ0v) is 16.3. The summed E-state index contributed by atoms with van der Waals surface area (Å²) in [6.07, 6.45) is 0. The molecular weight excluding hydrogens is 354 g/mol. The lowest BCUT2D eigenvalue weighted by Gasteiger charge is -2.34. The van der Waals surface area contributed by atoms with E-state index in [1.807, 2.05) is 11.0 Å². The molecule has 1 aliphatic rings. The second-order valence-corrected chi connectivity index (χ2v) is 6.79. The molecule has 1 fully saturated rings. The van der Waals surface area contributed by atoms with Crippen LogP contribution in [0.1, 0.15) is 22.8 Å². The van der Waals surface area contributed by atoms with Gasteiger partial charge in [-0.25, -0.2) is 4.79 Å². The molecule has 1 aliphatic heterocycles. The highest BCUT2D eigenvalue weighted by Gasteiger charge is 2.20. The molecule has 6 heteroatoms. The van der Waals surface area contributed by atoms with Crippen molar-refractivity contribution >= 4 is 17.6 Å². The van der Waals surface area contributed by atoms with Gasteiger partial charge < -0.3 is 15.0 Å². The zero-order valence-electron chi connectivity index (χ0n) is 16.3. The predicted molar refractivity (Wildman–Crippen MR) is 109 cm³/mol. The Morgan fingerprint density at radius 1 is 0.964 bits per heavy atom. The van der Waals surface area contributed by atoms with Gasteiger partial charge in [0.05, 0.1) is 18.7 Å². The van der Waals surface area contributed by atoms with E-state index < -0.39 is 0 Å². The van der Waals surface area contributed by atoms with Crippen LogP contribution in [0.15, 0.2) is 54.6 Å². The van der Waals surface area contributed by atoms with Crippen LogP contribution < -0.4 is 5.32 Å². The number of rotatable bonds is 7. The second-order valence-electron chi connectivity index (χ2n) is 6.79. The summed E-state index contributed by atoms with van der Waals surface area (Å²) in [6.45, 7) is 6.56. The van der Waals surface area contributed by atoms with Gasteiger partial charge in [-0.3, -0.25) is 9.69 Å². The lowest BCUT2D eigenvalue weighted by Crippen LogP contribution is -2.49. The van der Waals surface area contributed by atoms with Crippen molar-refractivity contribution < 1.29 is 14.3 Å². The molecule has 2 aromatic rings. The summed E-state index contributed by atoms with van der Waals surface area (Å²) in [6, 6.07) is 17.4. The first-order valence-electron chi connectivity index (χ1n) is 9.71. The van der Waals surface area contributed by atoms with Crippen LogP contribution in [0.3, 0.4) is 0 Å². The first-order valence-corrected chi connectivity index (χ1v) is 9.71. The van der Waals surface area contributed by atoms with E-state index in [1.165, 1.54) is 5.56 Å². The highest BCUT2D eigenvalue weighted by molar-refractivity contribution is 5.90. The number of anilines is 1. The number of nitrogens with zero attached hydrogens (tertiary/aromatic N) is 2. The Kier molecular flexibility index (Phi) is 7.03. The number of benzene rings is 2. The molecule has 0 atom stereocenters. The smallest absolute Gasteiger partial charge is 0.338 e. The zero-order chi connectivity index (χ0) is 19.8. The molecule has 0 saturated carbocycles. The maximum absolute atomic E-state index is 12.5. The van der Waals surface area contributed by atoms with Crippen LogP contribution in [0.4, 0.5) is 5.69 Å². The summed E-state index contributed by atoms with van der Waals surface area (Å²) in [5.41, 5.74) is 2.62. The Labute approximate surface area is 166 Å². The Morgan fingerprint density at radius 2 is 1.64 bits per heavy atom. The molecule has 0 bridgehead atoms. The number of esters is 1. The highest BCUT2D eigenvalue weighted by atomic mass is 16.5. The van der Waals surface area contributed by atoms with Crippen LogP contribution in [0, 0.1) is 0 Å². The van der Waals surface area contributed by atoms with E-state index in [-0.39, 0.29) is 18.4 Å². The predicted octanol–water partition coefficient (Wildman–Crippen LogP) is 2.62. The molecule has 0 unspecified atom stereocenters. The Balaban J connectivity index is 1.41. The molecule has 1 heterocycles. The molecule has 0 aliphatic carbocycles. The number of carbonyl (C=O) groups excluding carboxylic acids is 2. The van der Waals surface area contributed by atoms with Crippen LogP contribution in [-0.2, 0) is 16.1 Å². The van der Waals surface area contributed by atoms with Gasteiger partial charge in [0.25, 0.3) is 0 Å². The largest absolute Gasteiger partial charge is 0.462 e. The van der Waals surface area contributed by atoms with Crippen LogP contribution in [-0.4, -0.2) is 61.0 Å². The lowest BCUT2D eigenvalue weighted by molar-refractivity contribution is -0.131. The average Bonchev–Trinajstić information content (AvgIpc) is 2.74. The summed E-state index contributed by atoms with van der Waals surface area (Å²) < 4.78 is 4.97. The van der Waals surface area contributed by atoms with E-state index in [9.17, 15) is 9.59 Å². The Hall–Kier alpha value is -2.86. The second kappa shape index (κ2) is 9.90. The maximum Gasteiger partial charge on any atom is 0.338 e. The van der Waals surface area contributed by atoms with Gasteiger partial charge in [0, 0.05) is 38.4 Å². The van der Waals surface area contributed by atoms with Crippen LogP contribution in [0.5, 0.6) is 0 Å². The number of piperazine rings is 1. The topological polar surface area (TPSA) is 61.9 Å². The third-order valence-electron chi connectivity index (χ3n) is 4.81. The SMILES string of the molecule is CCOC(=O)c1ccc(NCC(=O)N2CCN(Cc3ccccc3)CC2)cc1. The fourth-order valence-corrected chi connectivity index (χ4v) is 3.23. The van der Waals surface area contributed by atoms with Crippen molar-refractivity contribution in [2.45, 2.75) is 13.5 Å². The van der Waals surface area contributed by atoms with Crippen molar-refractivity contribution in [3.05, 3.63) is 65.7 Å². The van der Waals surface area contributed by atoms with E-state index in [2.05, 4.69) is 34.5 Å². The fourth-order valence-electron chi connectivity index (χ4n) is 3.23. The quantitative estimate of drug-likeness (QED) is 0.747. The Bertz CT molecular complexity index is 769. The molecule has 0 spiro atoms. The fraction of sp³-hybridized carbons (Fsp3) is 0.364. The normalized spacial score (nSPS) is 14.5. The summed E-state index contributed by atoms with van der Waals surface area (Å²) in [5, 5.41) is 3.13. The van der Waals surface area contributed by atoms with Gasteiger partial charge in [0.1, 0.15) is 0 Å². The standard InChI is InChI=1S/C22H27N3O3/c1-2-28-22(27)19-8-10-20(11-9-19)23-16-21(26)25-14-12-24(13-15-25)17-18-6-4-3-5-7-18/h3-11,23H,2,12-17H2,1H3. The molecule has 1 N–H and O–H groups in total. The summed E-state index contributed by atoms with van der Waals surface area (Å²) in [4.78, 5) is 28.4. The van der Waals surface area contributed by atoms with Crippen molar-refractivity contribution in [2.24, 2.45) is 0 Å². The van der Waals surface area contributed by atoms with Crippen LogP contribution in [0.25, 0.3) is 0 Å². The number of hydrogen-bond acceptors (Lipinski definition) is 5. The summed E-state index contributed by atoms with van der Waals surface area (Å²) in [7, 11) is 0. The molecule has 1 amide bonds. The number of hydrogen-bond donors (Lipinski definition) is 1. The molecular formula is C22H27N3O3. The van der Waals surface area contributed by atoms with Crippen molar-refractivity contribution in [2.75, 3.05) is 44.6 Å². The van der Waals surface area contributed by atoms with Gasteiger partial charge in [-0.1, -0.05) is 30.3 Å². The van der Waals surface area contributed by atoms with E-state index in [4.69, 9.17) is 4.74 Å². The van der Waals surface area contributed by atoms with E-state index in [0.29, 0.717) is 12.2 Å². The minimum Gasteiger partial charge on any atom is -0.462 e. The van der Waals surface area contributed by atoms with Gasteiger partial charge in [-0.05, 0) is 36.8 Å². The molecule has 3 rings (SSSR count). The third kappa shape index (κ3) is 5.57. The number of nitrogens with one attached hydrogen (secondary N) is 1. The first-order chi connectivity index (χ1) is 13.7. The van der Waals surface area contributed by atoms with Crippen LogP contribution >= 0.6 is 0 Å². The minimum atomic E-state index is -0.335. The molecule has 0 aromatic heterocycles. The van der Waals surface area contributed by atoms with Crippen molar-refractivity contribution in [1.29, 1.82) is 0 Å². The van der Waals surface area contributed by atoms with Crippen molar-refractivity contribution in [3.63, 3.8) is 0 Å². The summed E-state index contributed by atoms with van der Waals surface area (Å²) >= 11 is 0. The third-order valence-corrected chi connectivity index (χ3v) is 4.81. The van der Waals surface area contributed by atoms with Gasteiger partial charge in [-0.15, -0.1) is 0 Å². The van der Waals surface area contributed by atoms with Gasteiger partial charge in [-0.2, -0.15) is 0 Å². The maximum atomic E-state index is 12.5. The average molecular weight is 381 g/mol. The monoisotopic (exact) mass is 381 g/mol. The van der Waals surface area contributed by atoms with E-state index in [1.54, 1.807) is 31.2 Å². The summed E-state index contributed by atoms with van der Waals surface area (Å²) in [5.74, 6) is -0.243. The van der Waals surface area contributed by atoms with E-state index >= 15 is 0 Å². The lowest BCUT2D eigenvalue weighted by atomic mass is 10.2. The molecule has 0 radical (unpaired) electrons.